The molecule has 0 saturated carbocycles. The zero-order valence-electron chi connectivity index (χ0n) is 15.7. The third-order valence-corrected chi connectivity index (χ3v) is 3.77. The van der Waals surface area contributed by atoms with E-state index in [2.05, 4.69) is 20.9 Å². The van der Waals surface area contributed by atoms with E-state index in [0.29, 0.717) is 25.6 Å². The van der Waals surface area contributed by atoms with Crippen molar-refractivity contribution in [2.24, 2.45) is 4.99 Å². The molecule has 0 unspecified atom stereocenters. The summed E-state index contributed by atoms with van der Waals surface area (Å²) in [5, 5.41) is 18.8. The van der Waals surface area contributed by atoms with E-state index in [4.69, 9.17) is 4.74 Å². The van der Waals surface area contributed by atoms with E-state index < -0.39 is 0 Å². The molecule has 0 atom stereocenters. The lowest BCUT2D eigenvalue weighted by Gasteiger charge is -2.12. The Balaban J connectivity index is 1.81. The quantitative estimate of drug-likeness (QED) is 0.323. The van der Waals surface area contributed by atoms with E-state index in [1.807, 2.05) is 31.2 Å². The Morgan fingerprint density at radius 1 is 1.04 bits per heavy atom. The Bertz CT molecular complexity index is 760. The van der Waals surface area contributed by atoms with Crippen LogP contribution in [0.25, 0.3) is 0 Å². The van der Waals surface area contributed by atoms with Gasteiger partial charge in [-0.05, 0) is 36.8 Å². The first kappa shape index (κ1) is 20.1. The number of guanidine groups is 1. The Morgan fingerprint density at radius 2 is 1.74 bits per heavy atom. The fourth-order valence-electron chi connectivity index (χ4n) is 2.36. The number of benzene rings is 2. The molecule has 7 nitrogen and oxygen atoms in total. The summed E-state index contributed by atoms with van der Waals surface area (Å²) in [5.74, 6) is 1.14. The Hall–Kier alpha value is -3.22. The third-order valence-electron chi connectivity index (χ3n) is 3.77. The van der Waals surface area contributed by atoms with E-state index in [0.717, 1.165) is 17.9 Å². The molecule has 144 valence electrons. The molecule has 0 fully saturated rings. The number of aliphatic imine (C=N–C) groups is 1. The number of methoxy groups -OCH3 is 1. The number of aromatic hydroxyl groups is 1. The molecule has 4 N–H and O–H groups in total. The minimum absolute atomic E-state index is 0.0302. The number of phenols is 1. The van der Waals surface area contributed by atoms with Crippen LogP contribution in [0.15, 0.2) is 53.5 Å². The summed E-state index contributed by atoms with van der Waals surface area (Å²) in [4.78, 5) is 16.6. The summed E-state index contributed by atoms with van der Waals surface area (Å²) in [6.07, 6.45) is 0. The van der Waals surface area contributed by atoms with Gasteiger partial charge in [-0.2, -0.15) is 0 Å². The fraction of sp³-hybridized carbons (Fsp3) is 0.300. The average Bonchev–Trinajstić information content (AvgIpc) is 2.69. The van der Waals surface area contributed by atoms with Gasteiger partial charge >= 0.3 is 0 Å². The highest BCUT2D eigenvalue weighted by molar-refractivity contribution is 5.96. The number of ether oxygens (including phenoxy) is 1. The number of hydrogen-bond donors (Lipinski definition) is 4. The number of carbonyl (C=O) groups excluding carboxylic acids is 1. The average molecular weight is 370 g/mol. The minimum atomic E-state index is -0.310. The molecule has 2 rings (SSSR count). The lowest BCUT2D eigenvalue weighted by atomic mass is 10.2. The van der Waals surface area contributed by atoms with Crippen LogP contribution in [0.5, 0.6) is 11.5 Å². The van der Waals surface area contributed by atoms with Crippen molar-refractivity contribution in [1.82, 2.24) is 16.0 Å². The van der Waals surface area contributed by atoms with Crippen LogP contribution < -0.4 is 20.7 Å². The van der Waals surface area contributed by atoms with E-state index in [-0.39, 0.29) is 17.2 Å². The molecule has 0 aliphatic heterocycles. The predicted molar refractivity (Wildman–Crippen MR) is 106 cm³/mol. The van der Waals surface area contributed by atoms with E-state index in [1.165, 1.54) is 6.07 Å². The maximum absolute atomic E-state index is 12.0. The molecule has 0 heterocycles. The number of para-hydroxylation sites is 1. The van der Waals surface area contributed by atoms with Crippen molar-refractivity contribution in [2.45, 2.75) is 13.5 Å². The van der Waals surface area contributed by atoms with Crippen LogP contribution in [0.3, 0.4) is 0 Å². The number of phenolic OH excluding ortho intramolecular Hbond substituents is 1. The molecule has 0 aliphatic rings. The lowest BCUT2D eigenvalue weighted by molar-refractivity contribution is 0.0951. The molecular weight excluding hydrogens is 344 g/mol. The predicted octanol–water partition coefficient (Wildman–Crippen LogP) is 1.89. The standard InChI is InChI=1S/C20H26N4O3/c1-3-21-20(24-14-15-8-10-16(27-2)11-9-15)23-13-12-22-19(26)17-6-4-5-7-18(17)25/h4-11,25H,3,12-14H2,1-2H3,(H,22,26)(H2,21,23,24). The zero-order chi connectivity index (χ0) is 19.5. The smallest absolute Gasteiger partial charge is 0.255 e. The monoisotopic (exact) mass is 370 g/mol. The number of hydrogen-bond acceptors (Lipinski definition) is 4. The topological polar surface area (TPSA) is 95.0 Å². The molecule has 0 aliphatic carbocycles. The van der Waals surface area contributed by atoms with Crippen molar-refractivity contribution >= 4 is 11.9 Å². The third kappa shape index (κ3) is 6.54. The molecule has 27 heavy (non-hydrogen) atoms. The van der Waals surface area contributed by atoms with Crippen LogP contribution in [0, 0.1) is 0 Å². The fourth-order valence-corrected chi connectivity index (χ4v) is 2.36. The minimum Gasteiger partial charge on any atom is -0.507 e. The van der Waals surface area contributed by atoms with Crippen molar-refractivity contribution in [3.8, 4) is 11.5 Å². The van der Waals surface area contributed by atoms with Crippen LogP contribution in [0.2, 0.25) is 0 Å². The van der Waals surface area contributed by atoms with Crippen LogP contribution in [0.4, 0.5) is 0 Å². The molecule has 2 aromatic carbocycles. The molecular formula is C20H26N4O3. The normalized spacial score (nSPS) is 11.0. The van der Waals surface area contributed by atoms with Gasteiger partial charge in [0.15, 0.2) is 5.96 Å². The second-order valence-corrected chi connectivity index (χ2v) is 5.74. The molecule has 0 radical (unpaired) electrons. The van der Waals surface area contributed by atoms with Crippen LogP contribution >= 0.6 is 0 Å². The van der Waals surface area contributed by atoms with Crippen LogP contribution in [-0.2, 0) is 6.54 Å². The first-order chi connectivity index (χ1) is 13.1. The molecule has 0 bridgehead atoms. The van der Waals surface area contributed by atoms with E-state index in [9.17, 15) is 9.90 Å². The van der Waals surface area contributed by atoms with Gasteiger partial charge in [-0.25, -0.2) is 4.99 Å². The van der Waals surface area contributed by atoms with Gasteiger partial charge in [-0.15, -0.1) is 0 Å². The highest BCUT2D eigenvalue weighted by Gasteiger charge is 2.09. The highest BCUT2D eigenvalue weighted by atomic mass is 16.5. The Labute approximate surface area is 159 Å². The number of amides is 1. The second kappa shape index (κ2) is 10.7. The number of nitrogens with zero attached hydrogens (tertiary/aromatic N) is 1. The van der Waals surface area contributed by atoms with Gasteiger partial charge in [0.25, 0.3) is 5.91 Å². The van der Waals surface area contributed by atoms with Crippen LogP contribution in [0.1, 0.15) is 22.8 Å². The van der Waals surface area contributed by atoms with Crippen molar-refractivity contribution in [3.63, 3.8) is 0 Å². The van der Waals surface area contributed by atoms with Gasteiger partial charge in [0.2, 0.25) is 0 Å². The summed E-state index contributed by atoms with van der Waals surface area (Å²) >= 11 is 0. The van der Waals surface area contributed by atoms with Crippen LogP contribution in [-0.4, -0.2) is 43.7 Å². The van der Waals surface area contributed by atoms with Gasteiger partial charge in [0.05, 0.1) is 19.2 Å². The van der Waals surface area contributed by atoms with Gasteiger partial charge in [0, 0.05) is 19.6 Å². The summed E-state index contributed by atoms with van der Waals surface area (Å²) < 4.78 is 5.15. The first-order valence-electron chi connectivity index (χ1n) is 8.85. The van der Waals surface area contributed by atoms with E-state index in [1.54, 1.807) is 25.3 Å². The van der Waals surface area contributed by atoms with Gasteiger partial charge in [-0.3, -0.25) is 4.79 Å². The molecule has 7 heteroatoms. The maximum Gasteiger partial charge on any atom is 0.255 e. The summed E-state index contributed by atoms with van der Waals surface area (Å²) in [6.45, 7) is 4.17. The first-order valence-corrected chi connectivity index (χ1v) is 8.85. The summed E-state index contributed by atoms with van der Waals surface area (Å²) in [7, 11) is 1.64. The number of carbonyl (C=O) groups is 1. The largest absolute Gasteiger partial charge is 0.507 e. The summed E-state index contributed by atoms with van der Waals surface area (Å²) in [5.41, 5.74) is 1.33. The number of nitrogens with one attached hydrogen (secondary N) is 3. The molecule has 0 aromatic heterocycles. The second-order valence-electron chi connectivity index (χ2n) is 5.74. The van der Waals surface area contributed by atoms with Crippen molar-refractivity contribution in [3.05, 3.63) is 59.7 Å². The highest BCUT2D eigenvalue weighted by Crippen LogP contribution is 2.14. The molecule has 0 spiro atoms. The van der Waals surface area contributed by atoms with Gasteiger partial charge in [0.1, 0.15) is 11.5 Å². The Kier molecular flexibility index (Phi) is 7.96. The lowest BCUT2D eigenvalue weighted by Crippen LogP contribution is -2.41. The van der Waals surface area contributed by atoms with Gasteiger partial charge < -0.3 is 25.8 Å². The molecule has 2 aromatic rings. The van der Waals surface area contributed by atoms with Crippen molar-refractivity contribution < 1.29 is 14.6 Å². The molecule has 1 amide bonds. The van der Waals surface area contributed by atoms with Crippen molar-refractivity contribution in [1.29, 1.82) is 0 Å². The number of rotatable bonds is 8. The van der Waals surface area contributed by atoms with Gasteiger partial charge in [-0.1, -0.05) is 24.3 Å². The van der Waals surface area contributed by atoms with Crippen molar-refractivity contribution in [2.75, 3.05) is 26.7 Å². The SMILES string of the molecule is CCNC(=NCc1ccc(OC)cc1)NCCNC(=O)c1ccccc1O. The van der Waals surface area contributed by atoms with E-state index >= 15 is 0 Å². The Morgan fingerprint density at radius 3 is 2.41 bits per heavy atom. The zero-order valence-corrected chi connectivity index (χ0v) is 15.7. The maximum atomic E-state index is 12.0. The molecule has 0 saturated heterocycles. The summed E-state index contributed by atoms with van der Waals surface area (Å²) in [6, 6.07) is 14.2.